The summed E-state index contributed by atoms with van der Waals surface area (Å²) in [4.78, 5) is 19.4. The van der Waals surface area contributed by atoms with Crippen molar-refractivity contribution in [2.75, 3.05) is 52.2 Å². The molecule has 1 aromatic carbocycles. The monoisotopic (exact) mass is 465 g/mol. The van der Waals surface area contributed by atoms with E-state index in [4.69, 9.17) is 4.74 Å². The third kappa shape index (κ3) is 7.69. The van der Waals surface area contributed by atoms with E-state index in [1.807, 2.05) is 49.4 Å². The number of aryl methyl sites for hydroxylation is 1. The normalized spacial score (nSPS) is 15.3. The van der Waals surface area contributed by atoms with Crippen molar-refractivity contribution < 1.29 is 17.9 Å². The first-order chi connectivity index (χ1) is 14.8. The first-order valence-electron chi connectivity index (χ1n) is 10.4. The summed E-state index contributed by atoms with van der Waals surface area (Å²) in [5.41, 5.74) is 1.02. The van der Waals surface area contributed by atoms with Crippen molar-refractivity contribution in [1.82, 2.24) is 14.1 Å². The summed E-state index contributed by atoms with van der Waals surface area (Å²) >= 11 is 1.65. The van der Waals surface area contributed by atoms with Gasteiger partial charge in [-0.25, -0.2) is 8.42 Å². The highest BCUT2D eigenvalue weighted by atomic mass is 32.2. The highest BCUT2D eigenvalue weighted by molar-refractivity contribution is 7.88. The molecule has 0 saturated carbocycles. The number of sulfonamides is 1. The van der Waals surface area contributed by atoms with Crippen molar-refractivity contribution in [3.8, 4) is 0 Å². The summed E-state index contributed by atoms with van der Waals surface area (Å²) in [6.45, 7) is 6.55. The zero-order valence-electron chi connectivity index (χ0n) is 18.2. The molecule has 1 fully saturated rings. The fraction of sp³-hybridized carbons (Fsp3) is 0.500. The van der Waals surface area contributed by atoms with Crippen LogP contribution >= 0.6 is 11.3 Å². The zero-order chi connectivity index (χ0) is 22.3. The highest BCUT2D eigenvalue weighted by Gasteiger charge is 2.25. The van der Waals surface area contributed by atoms with Gasteiger partial charge in [-0.3, -0.25) is 9.69 Å². The largest absolute Gasteiger partial charge is 0.379 e. The summed E-state index contributed by atoms with van der Waals surface area (Å²) in [6.07, 6.45) is 1.17. The minimum Gasteiger partial charge on any atom is -0.379 e. The van der Waals surface area contributed by atoms with Gasteiger partial charge >= 0.3 is 0 Å². The standard InChI is InChI=1S/C22H31N3O4S2/c1-19-8-9-21(30-19)17-24(16-20-6-4-3-5-7-20)22(26)18-25(31(2,27)28)11-10-23-12-14-29-15-13-23/h3-9H,10-18H2,1-2H3. The second-order valence-corrected chi connectivity index (χ2v) is 11.2. The van der Waals surface area contributed by atoms with Gasteiger partial charge in [0.15, 0.2) is 0 Å². The Labute approximate surface area is 189 Å². The molecule has 2 heterocycles. The lowest BCUT2D eigenvalue weighted by Gasteiger charge is -2.30. The molecule has 1 aromatic heterocycles. The second kappa shape index (κ2) is 11.2. The maximum atomic E-state index is 13.3. The van der Waals surface area contributed by atoms with E-state index < -0.39 is 10.0 Å². The number of ether oxygens (including phenoxy) is 1. The van der Waals surface area contributed by atoms with Crippen LogP contribution < -0.4 is 0 Å². The van der Waals surface area contributed by atoms with E-state index in [0.717, 1.165) is 23.5 Å². The van der Waals surface area contributed by atoms with Crippen LogP contribution in [-0.2, 0) is 32.6 Å². The molecule has 0 radical (unpaired) electrons. The maximum Gasteiger partial charge on any atom is 0.238 e. The van der Waals surface area contributed by atoms with Gasteiger partial charge in [0.2, 0.25) is 15.9 Å². The number of carbonyl (C=O) groups is 1. The predicted molar refractivity (Wildman–Crippen MR) is 123 cm³/mol. The zero-order valence-corrected chi connectivity index (χ0v) is 19.8. The predicted octanol–water partition coefficient (Wildman–Crippen LogP) is 2.18. The number of amides is 1. The lowest BCUT2D eigenvalue weighted by atomic mass is 10.2. The van der Waals surface area contributed by atoms with Crippen molar-refractivity contribution in [3.05, 3.63) is 57.8 Å². The van der Waals surface area contributed by atoms with Crippen LogP contribution in [0.3, 0.4) is 0 Å². The summed E-state index contributed by atoms with van der Waals surface area (Å²) in [7, 11) is -3.51. The van der Waals surface area contributed by atoms with Gasteiger partial charge in [-0.1, -0.05) is 30.3 Å². The van der Waals surface area contributed by atoms with Gasteiger partial charge in [-0.2, -0.15) is 4.31 Å². The van der Waals surface area contributed by atoms with Crippen molar-refractivity contribution in [1.29, 1.82) is 0 Å². The highest BCUT2D eigenvalue weighted by Crippen LogP contribution is 2.19. The Morgan fingerprint density at radius 3 is 2.42 bits per heavy atom. The van der Waals surface area contributed by atoms with E-state index >= 15 is 0 Å². The van der Waals surface area contributed by atoms with E-state index in [9.17, 15) is 13.2 Å². The molecule has 0 aliphatic carbocycles. The SMILES string of the molecule is Cc1ccc(CN(Cc2ccccc2)C(=O)CN(CCN2CCOCC2)S(C)(=O)=O)s1. The Kier molecular flexibility index (Phi) is 8.62. The van der Waals surface area contributed by atoms with E-state index in [2.05, 4.69) is 4.90 Å². The number of nitrogens with zero attached hydrogens (tertiary/aromatic N) is 3. The molecule has 31 heavy (non-hydrogen) atoms. The first-order valence-corrected chi connectivity index (χ1v) is 13.1. The molecule has 0 unspecified atom stereocenters. The van der Waals surface area contributed by atoms with Crippen LogP contribution in [0.1, 0.15) is 15.3 Å². The van der Waals surface area contributed by atoms with Gasteiger partial charge in [0.05, 0.1) is 32.6 Å². The molecule has 1 aliphatic rings. The van der Waals surface area contributed by atoms with Crippen molar-refractivity contribution in [2.45, 2.75) is 20.0 Å². The Hall–Kier alpha value is -1.78. The van der Waals surface area contributed by atoms with Crippen LogP contribution in [0.4, 0.5) is 0 Å². The van der Waals surface area contributed by atoms with Crippen LogP contribution in [0.15, 0.2) is 42.5 Å². The van der Waals surface area contributed by atoms with Crippen molar-refractivity contribution in [3.63, 3.8) is 0 Å². The summed E-state index contributed by atoms with van der Waals surface area (Å²) in [6, 6.07) is 13.8. The van der Waals surface area contributed by atoms with Crippen LogP contribution in [0.2, 0.25) is 0 Å². The van der Waals surface area contributed by atoms with Crippen LogP contribution in [-0.4, -0.2) is 80.6 Å². The number of hydrogen-bond acceptors (Lipinski definition) is 6. The maximum absolute atomic E-state index is 13.3. The van der Waals surface area contributed by atoms with Gasteiger partial charge in [-0.15, -0.1) is 11.3 Å². The van der Waals surface area contributed by atoms with Crippen LogP contribution in [0.25, 0.3) is 0 Å². The van der Waals surface area contributed by atoms with Gasteiger partial charge in [0.25, 0.3) is 0 Å². The molecule has 0 bridgehead atoms. The topological polar surface area (TPSA) is 70.2 Å². The number of morpholine rings is 1. The van der Waals surface area contributed by atoms with E-state index in [0.29, 0.717) is 39.4 Å². The van der Waals surface area contributed by atoms with Gasteiger partial charge in [-0.05, 0) is 24.6 Å². The molecule has 1 amide bonds. The fourth-order valence-corrected chi connectivity index (χ4v) is 5.15. The summed E-state index contributed by atoms with van der Waals surface area (Å²) in [5, 5.41) is 0. The van der Waals surface area contributed by atoms with E-state index in [-0.39, 0.29) is 12.5 Å². The lowest BCUT2D eigenvalue weighted by molar-refractivity contribution is -0.132. The van der Waals surface area contributed by atoms with E-state index in [1.165, 1.54) is 15.4 Å². The van der Waals surface area contributed by atoms with Crippen molar-refractivity contribution >= 4 is 27.3 Å². The van der Waals surface area contributed by atoms with Gasteiger partial charge in [0.1, 0.15) is 0 Å². The lowest BCUT2D eigenvalue weighted by Crippen LogP contribution is -2.46. The van der Waals surface area contributed by atoms with Gasteiger partial charge in [0, 0.05) is 42.5 Å². The van der Waals surface area contributed by atoms with E-state index in [1.54, 1.807) is 16.2 Å². The number of benzene rings is 1. The minimum absolute atomic E-state index is 0.152. The van der Waals surface area contributed by atoms with Gasteiger partial charge < -0.3 is 9.64 Å². The third-order valence-electron chi connectivity index (χ3n) is 5.26. The second-order valence-electron chi connectivity index (χ2n) is 7.80. The average molecular weight is 466 g/mol. The van der Waals surface area contributed by atoms with Crippen LogP contribution in [0.5, 0.6) is 0 Å². The molecular formula is C22H31N3O4S2. The summed E-state index contributed by atoms with van der Waals surface area (Å²) < 4.78 is 31.4. The number of hydrogen-bond donors (Lipinski definition) is 0. The Morgan fingerprint density at radius 2 is 1.81 bits per heavy atom. The minimum atomic E-state index is -3.51. The fourth-order valence-electron chi connectivity index (χ4n) is 3.49. The molecule has 1 saturated heterocycles. The Morgan fingerprint density at radius 1 is 1.10 bits per heavy atom. The molecule has 0 N–H and O–H groups in total. The number of carbonyl (C=O) groups excluding carboxylic acids is 1. The smallest absolute Gasteiger partial charge is 0.238 e. The molecule has 0 atom stereocenters. The Balaban J connectivity index is 1.70. The molecule has 170 valence electrons. The molecule has 0 spiro atoms. The first kappa shape index (κ1) is 23.9. The third-order valence-corrected chi connectivity index (χ3v) is 7.50. The molecule has 7 nitrogen and oxygen atoms in total. The molecule has 9 heteroatoms. The molecule has 3 rings (SSSR count). The Bertz CT molecular complexity index is 941. The number of thiophene rings is 1. The quantitative estimate of drug-likeness (QED) is 0.538. The molecular weight excluding hydrogens is 434 g/mol. The number of rotatable bonds is 10. The summed E-state index contributed by atoms with van der Waals surface area (Å²) in [5.74, 6) is -0.192. The van der Waals surface area contributed by atoms with Crippen LogP contribution in [0, 0.1) is 6.92 Å². The molecule has 2 aromatic rings. The van der Waals surface area contributed by atoms with Crippen molar-refractivity contribution in [2.24, 2.45) is 0 Å². The average Bonchev–Trinajstić information content (AvgIpc) is 3.16. The molecule has 1 aliphatic heterocycles.